The lowest BCUT2D eigenvalue weighted by atomic mass is 10.3. The monoisotopic (exact) mass is 112 g/mol. The summed E-state index contributed by atoms with van der Waals surface area (Å²) < 4.78 is 0. The molecule has 0 amide bonds. The predicted octanol–water partition coefficient (Wildman–Crippen LogP) is 1.38. The van der Waals surface area contributed by atoms with Crippen LogP contribution in [0.25, 0.3) is 0 Å². The fourth-order valence-corrected chi connectivity index (χ4v) is 0.851. The van der Waals surface area contributed by atoms with Gasteiger partial charge in [0.2, 0.25) is 0 Å². The molecule has 0 aromatic heterocycles. The quantitative estimate of drug-likeness (QED) is 0.469. The second-order valence-electron chi connectivity index (χ2n) is 1.87. The second-order valence-corrected chi connectivity index (χ2v) is 1.87. The van der Waals surface area contributed by atoms with Crippen molar-refractivity contribution in [2.45, 2.75) is 19.3 Å². The maximum atomic E-state index is 4.59. The van der Waals surface area contributed by atoms with Crippen LogP contribution in [0.15, 0.2) is 5.16 Å². The maximum absolute atomic E-state index is 4.59. The molecule has 1 radical (unpaired) electrons. The number of hydrogen-bond acceptors (Lipinski definition) is 2. The van der Waals surface area contributed by atoms with Crippen LogP contribution in [-0.4, -0.2) is 12.8 Å². The van der Waals surface area contributed by atoms with Gasteiger partial charge < -0.3 is 4.84 Å². The molecule has 0 aliphatic heterocycles. The molecule has 0 bridgehead atoms. The lowest BCUT2D eigenvalue weighted by molar-refractivity contribution is 0.212. The minimum absolute atomic E-state index is 1.02. The molecule has 2 heteroatoms. The Morgan fingerprint density at radius 2 is 2.62 bits per heavy atom. The molecule has 0 aromatic rings. The van der Waals surface area contributed by atoms with Crippen LogP contribution in [0.4, 0.5) is 0 Å². The van der Waals surface area contributed by atoms with Crippen LogP contribution in [0.5, 0.6) is 0 Å². The first-order chi connectivity index (χ1) is 3.93. The first-order valence-electron chi connectivity index (χ1n) is 2.84. The minimum atomic E-state index is 1.02. The van der Waals surface area contributed by atoms with Gasteiger partial charge in [0.05, 0.1) is 5.71 Å². The van der Waals surface area contributed by atoms with Gasteiger partial charge in [-0.05, 0) is 25.7 Å². The van der Waals surface area contributed by atoms with Crippen LogP contribution in [0.1, 0.15) is 19.3 Å². The highest BCUT2D eigenvalue weighted by molar-refractivity contribution is 5.87. The Balaban J connectivity index is 2.33. The molecule has 0 unspecified atom stereocenters. The topological polar surface area (TPSA) is 21.6 Å². The second kappa shape index (κ2) is 2.70. The van der Waals surface area contributed by atoms with Gasteiger partial charge in [0, 0.05) is 0 Å². The van der Waals surface area contributed by atoms with Crippen molar-refractivity contribution < 1.29 is 4.84 Å². The SMILES string of the molecule is CO/N=C1/C[CH]CC1. The van der Waals surface area contributed by atoms with Gasteiger partial charge in [0.15, 0.2) is 0 Å². The Kier molecular flexibility index (Phi) is 1.89. The van der Waals surface area contributed by atoms with Gasteiger partial charge >= 0.3 is 0 Å². The molecular formula is C6H10NO. The van der Waals surface area contributed by atoms with E-state index in [1.165, 1.54) is 12.1 Å². The fourth-order valence-electron chi connectivity index (χ4n) is 0.851. The van der Waals surface area contributed by atoms with E-state index in [1.807, 2.05) is 0 Å². The summed E-state index contributed by atoms with van der Waals surface area (Å²) >= 11 is 0. The largest absolute Gasteiger partial charge is 0.399 e. The van der Waals surface area contributed by atoms with Crippen molar-refractivity contribution in [3.05, 3.63) is 6.42 Å². The lowest BCUT2D eigenvalue weighted by Gasteiger charge is -1.89. The van der Waals surface area contributed by atoms with Crippen molar-refractivity contribution >= 4 is 5.71 Å². The van der Waals surface area contributed by atoms with E-state index >= 15 is 0 Å². The van der Waals surface area contributed by atoms with E-state index in [-0.39, 0.29) is 0 Å². The molecule has 1 rings (SSSR count). The van der Waals surface area contributed by atoms with Crippen LogP contribution >= 0.6 is 0 Å². The van der Waals surface area contributed by atoms with Crippen LogP contribution < -0.4 is 0 Å². The van der Waals surface area contributed by atoms with Gasteiger partial charge in [-0.25, -0.2) is 0 Å². The molecule has 1 saturated carbocycles. The maximum Gasteiger partial charge on any atom is 0.106 e. The van der Waals surface area contributed by atoms with Crippen molar-refractivity contribution in [3.8, 4) is 0 Å². The summed E-state index contributed by atoms with van der Waals surface area (Å²) in [6.07, 6.45) is 5.50. The molecule has 0 saturated heterocycles. The molecule has 0 aromatic carbocycles. The van der Waals surface area contributed by atoms with Crippen LogP contribution in [0, 0.1) is 6.42 Å². The molecule has 1 aliphatic carbocycles. The highest BCUT2D eigenvalue weighted by atomic mass is 16.6. The summed E-state index contributed by atoms with van der Waals surface area (Å²) in [7, 11) is 1.59. The first kappa shape index (κ1) is 5.60. The number of hydrogen-bond donors (Lipinski definition) is 0. The van der Waals surface area contributed by atoms with E-state index in [4.69, 9.17) is 0 Å². The molecule has 0 atom stereocenters. The van der Waals surface area contributed by atoms with E-state index in [0.717, 1.165) is 12.8 Å². The van der Waals surface area contributed by atoms with Gasteiger partial charge in [0.25, 0.3) is 0 Å². The van der Waals surface area contributed by atoms with Gasteiger partial charge in [-0.15, -0.1) is 0 Å². The van der Waals surface area contributed by atoms with Gasteiger partial charge in [0.1, 0.15) is 7.11 Å². The molecule has 45 valence electrons. The third-order valence-corrected chi connectivity index (χ3v) is 1.24. The van der Waals surface area contributed by atoms with E-state index in [1.54, 1.807) is 7.11 Å². The third-order valence-electron chi connectivity index (χ3n) is 1.24. The molecule has 8 heavy (non-hydrogen) atoms. The highest BCUT2D eigenvalue weighted by Gasteiger charge is 2.07. The Morgan fingerprint density at radius 1 is 1.75 bits per heavy atom. The Labute approximate surface area is 49.5 Å². The normalized spacial score (nSPS) is 24.4. The van der Waals surface area contributed by atoms with E-state index in [9.17, 15) is 0 Å². The van der Waals surface area contributed by atoms with Crippen molar-refractivity contribution in [3.63, 3.8) is 0 Å². The van der Waals surface area contributed by atoms with Crippen LogP contribution in [0.3, 0.4) is 0 Å². The molecule has 1 fully saturated rings. The van der Waals surface area contributed by atoms with Crippen molar-refractivity contribution in [2.75, 3.05) is 7.11 Å². The average molecular weight is 112 g/mol. The smallest absolute Gasteiger partial charge is 0.106 e. The number of rotatable bonds is 1. The van der Waals surface area contributed by atoms with Crippen molar-refractivity contribution in [1.82, 2.24) is 0 Å². The van der Waals surface area contributed by atoms with E-state index in [2.05, 4.69) is 16.4 Å². The fraction of sp³-hybridized carbons (Fsp3) is 0.667. The third kappa shape index (κ3) is 1.22. The van der Waals surface area contributed by atoms with E-state index < -0.39 is 0 Å². The number of nitrogens with zero attached hydrogens (tertiary/aromatic N) is 1. The minimum Gasteiger partial charge on any atom is -0.399 e. The Morgan fingerprint density at radius 3 is 3.12 bits per heavy atom. The predicted molar refractivity (Wildman–Crippen MR) is 32.6 cm³/mol. The molecule has 0 heterocycles. The average Bonchev–Trinajstić information content (AvgIpc) is 2.19. The summed E-state index contributed by atoms with van der Waals surface area (Å²) in [5.41, 5.74) is 1.17. The summed E-state index contributed by atoms with van der Waals surface area (Å²) in [5, 5.41) is 3.81. The Hall–Kier alpha value is -0.530. The van der Waals surface area contributed by atoms with E-state index in [0.29, 0.717) is 0 Å². The molecule has 0 N–H and O–H groups in total. The first-order valence-corrected chi connectivity index (χ1v) is 2.84. The van der Waals surface area contributed by atoms with Gasteiger partial charge in [-0.1, -0.05) is 5.16 Å². The zero-order valence-electron chi connectivity index (χ0n) is 5.05. The van der Waals surface area contributed by atoms with Crippen LogP contribution in [-0.2, 0) is 4.84 Å². The highest BCUT2D eigenvalue weighted by Crippen LogP contribution is 2.12. The van der Waals surface area contributed by atoms with Gasteiger partial charge in [-0.2, -0.15) is 0 Å². The van der Waals surface area contributed by atoms with Crippen molar-refractivity contribution in [2.24, 2.45) is 5.16 Å². The summed E-state index contributed by atoms with van der Waals surface area (Å²) in [6, 6.07) is 0. The molecule has 1 aliphatic rings. The lowest BCUT2D eigenvalue weighted by Crippen LogP contribution is -1.87. The molecule has 2 nitrogen and oxygen atoms in total. The zero-order chi connectivity index (χ0) is 5.82. The Bertz CT molecular complexity index is 90.7. The standard InChI is InChI=1S/C6H10NO/c1-8-7-6-4-2-3-5-6/h2H,3-5H2,1H3/b7-6-. The molecule has 0 spiro atoms. The van der Waals surface area contributed by atoms with Crippen LogP contribution in [0.2, 0.25) is 0 Å². The molecular weight excluding hydrogens is 102 g/mol. The summed E-state index contributed by atoms with van der Waals surface area (Å²) in [6.45, 7) is 0. The zero-order valence-corrected chi connectivity index (χ0v) is 5.05. The number of oxime groups is 1. The summed E-state index contributed by atoms with van der Waals surface area (Å²) in [4.78, 5) is 4.59. The van der Waals surface area contributed by atoms with Crippen molar-refractivity contribution in [1.29, 1.82) is 0 Å². The van der Waals surface area contributed by atoms with Gasteiger partial charge in [-0.3, -0.25) is 0 Å². The summed E-state index contributed by atoms with van der Waals surface area (Å²) in [5.74, 6) is 0.